The average Bonchev–Trinajstić information content (AvgIpc) is 2.42. The molecule has 3 nitrogen and oxygen atoms in total. The Balaban J connectivity index is 2.20. The molecule has 0 aliphatic carbocycles. The van der Waals surface area contributed by atoms with E-state index in [-0.39, 0.29) is 0 Å². The van der Waals surface area contributed by atoms with E-state index in [0.29, 0.717) is 23.5 Å². The molecule has 0 atom stereocenters. The Morgan fingerprint density at radius 2 is 2.00 bits per heavy atom. The van der Waals surface area contributed by atoms with Gasteiger partial charge in [-0.05, 0) is 13.0 Å². The van der Waals surface area contributed by atoms with Gasteiger partial charge in [0.25, 0.3) is 0 Å². The molecule has 0 spiro atoms. The molecule has 0 saturated heterocycles. The molecule has 2 rings (SSSR count). The number of halogens is 2. The lowest BCUT2D eigenvalue weighted by Crippen LogP contribution is -2.04. The summed E-state index contributed by atoms with van der Waals surface area (Å²) in [5.41, 5.74) is 1.83. The maximum Gasteiger partial charge on any atom is 0.221 e. The van der Waals surface area contributed by atoms with Crippen LogP contribution >= 0.6 is 27.5 Å². The summed E-state index contributed by atoms with van der Waals surface area (Å²) in [6, 6.07) is 7.93. The van der Waals surface area contributed by atoms with Crippen LogP contribution in [-0.4, -0.2) is 9.97 Å². The van der Waals surface area contributed by atoms with Crippen LogP contribution in [0.5, 0.6) is 5.88 Å². The van der Waals surface area contributed by atoms with Crippen LogP contribution in [0.2, 0.25) is 5.15 Å². The number of aromatic nitrogens is 2. The Morgan fingerprint density at radius 3 is 2.68 bits per heavy atom. The first-order valence-electron chi connectivity index (χ1n) is 6.01. The molecule has 0 unspecified atom stereocenters. The van der Waals surface area contributed by atoms with Crippen molar-refractivity contribution in [1.29, 1.82) is 0 Å². The summed E-state index contributed by atoms with van der Waals surface area (Å²) in [5.74, 6) is 1.24. The van der Waals surface area contributed by atoms with E-state index < -0.39 is 0 Å². The third-order valence-corrected chi connectivity index (χ3v) is 3.87. The number of rotatable bonds is 4. The number of nitrogens with zero attached hydrogens (tertiary/aromatic N) is 2. The third kappa shape index (κ3) is 3.45. The highest BCUT2D eigenvalue weighted by Gasteiger charge is 2.10. The van der Waals surface area contributed by atoms with Crippen molar-refractivity contribution in [1.82, 2.24) is 9.97 Å². The SMILES string of the molecule is CCc1nc(Cl)c(C)c(OCc2ccccc2Br)n1. The Bertz CT molecular complexity index is 590. The van der Waals surface area contributed by atoms with Gasteiger partial charge in [-0.1, -0.05) is 52.7 Å². The van der Waals surface area contributed by atoms with Gasteiger partial charge in [-0.2, -0.15) is 4.98 Å². The fraction of sp³-hybridized carbons (Fsp3) is 0.286. The van der Waals surface area contributed by atoms with E-state index >= 15 is 0 Å². The van der Waals surface area contributed by atoms with Crippen molar-refractivity contribution in [2.45, 2.75) is 26.9 Å². The average molecular weight is 342 g/mol. The minimum Gasteiger partial charge on any atom is -0.472 e. The second-order valence-corrected chi connectivity index (χ2v) is 5.31. The second kappa shape index (κ2) is 6.35. The summed E-state index contributed by atoms with van der Waals surface area (Å²) in [4.78, 5) is 8.55. The van der Waals surface area contributed by atoms with E-state index in [9.17, 15) is 0 Å². The van der Waals surface area contributed by atoms with Crippen LogP contribution in [0.1, 0.15) is 23.9 Å². The highest BCUT2D eigenvalue weighted by atomic mass is 79.9. The van der Waals surface area contributed by atoms with E-state index in [4.69, 9.17) is 16.3 Å². The van der Waals surface area contributed by atoms with Crippen LogP contribution in [0.4, 0.5) is 0 Å². The molecule has 0 aliphatic heterocycles. The number of ether oxygens (including phenoxy) is 1. The van der Waals surface area contributed by atoms with Crippen LogP contribution < -0.4 is 4.74 Å². The molecule has 1 heterocycles. The Kier molecular flexibility index (Phi) is 4.77. The van der Waals surface area contributed by atoms with Crippen molar-refractivity contribution < 1.29 is 4.74 Å². The quantitative estimate of drug-likeness (QED) is 0.776. The lowest BCUT2D eigenvalue weighted by atomic mass is 10.2. The van der Waals surface area contributed by atoms with Crippen LogP contribution in [0.25, 0.3) is 0 Å². The van der Waals surface area contributed by atoms with Gasteiger partial charge in [-0.25, -0.2) is 4.98 Å². The second-order valence-electron chi connectivity index (χ2n) is 4.09. The number of benzene rings is 1. The first-order chi connectivity index (χ1) is 9.11. The Labute approximate surface area is 126 Å². The maximum atomic E-state index is 6.07. The first-order valence-corrected chi connectivity index (χ1v) is 7.18. The molecule has 5 heteroatoms. The summed E-state index contributed by atoms with van der Waals surface area (Å²) in [6.07, 6.45) is 0.728. The maximum absolute atomic E-state index is 6.07. The molecule has 1 aromatic heterocycles. The van der Waals surface area contributed by atoms with Crippen LogP contribution in [0.15, 0.2) is 28.7 Å². The van der Waals surface area contributed by atoms with Gasteiger partial charge in [0.1, 0.15) is 17.6 Å². The van der Waals surface area contributed by atoms with Crippen LogP contribution in [0.3, 0.4) is 0 Å². The van der Waals surface area contributed by atoms with E-state index in [1.807, 2.05) is 38.1 Å². The highest BCUT2D eigenvalue weighted by molar-refractivity contribution is 9.10. The van der Waals surface area contributed by atoms with Crippen LogP contribution in [0, 0.1) is 6.92 Å². The molecule has 0 aliphatic rings. The Morgan fingerprint density at radius 1 is 1.26 bits per heavy atom. The van der Waals surface area contributed by atoms with E-state index in [2.05, 4.69) is 25.9 Å². The van der Waals surface area contributed by atoms with E-state index in [1.165, 1.54) is 0 Å². The minimum atomic E-state index is 0.443. The van der Waals surface area contributed by atoms with Crippen molar-refractivity contribution in [2.75, 3.05) is 0 Å². The van der Waals surface area contributed by atoms with Crippen molar-refractivity contribution in [3.8, 4) is 5.88 Å². The topological polar surface area (TPSA) is 35.0 Å². The summed E-state index contributed by atoms with van der Waals surface area (Å²) >= 11 is 9.56. The third-order valence-electron chi connectivity index (χ3n) is 2.73. The summed E-state index contributed by atoms with van der Waals surface area (Å²) in [6.45, 7) is 4.29. The molecule has 0 fully saturated rings. The molecule has 0 bridgehead atoms. The summed E-state index contributed by atoms with van der Waals surface area (Å²) < 4.78 is 6.78. The van der Waals surface area contributed by atoms with Gasteiger partial charge in [-0.3, -0.25) is 0 Å². The van der Waals surface area contributed by atoms with Gasteiger partial charge < -0.3 is 4.74 Å². The predicted octanol–water partition coefficient (Wildman–Crippen LogP) is 4.34. The normalized spacial score (nSPS) is 10.5. The predicted molar refractivity (Wildman–Crippen MR) is 79.6 cm³/mol. The van der Waals surface area contributed by atoms with Gasteiger partial charge in [0.15, 0.2) is 0 Å². The van der Waals surface area contributed by atoms with Gasteiger partial charge in [0.2, 0.25) is 5.88 Å². The van der Waals surface area contributed by atoms with Crippen molar-refractivity contribution in [3.63, 3.8) is 0 Å². The fourth-order valence-corrected chi connectivity index (χ4v) is 2.15. The Hall–Kier alpha value is -1.13. The van der Waals surface area contributed by atoms with Gasteiger partial charge in [-0.15, -0.1) is 0 Å². The monoisotopic (exact) mass is 340 g/mol. The van der Waals surface area contributed by atoms with Crippen LogP contribution in [-0.2, 0) is 13.0 Å². The number of hydrogen-bond donors (Lipinski definition) is 0. The zero-order valence-corrected chi connectivity index (χ0v) is 13.1. The lowest BCUT2D eigenvalue weighted by molar-refractivity contribution is 0.289. The van der Waals surface area contributed by atoms with Gasteiger partial charge >= 0.3 is 0 Å². The molecule has 0 amide bonds. The zero-order valence-electron chi connectivity index (χ0n) is 10.8. The standard InChI is InChI=1S/C14H14BrClN2O/c1-3-12-17-13(16)9(2)14(18-12)19-8-10-6-4-5-7-11(10)15/h4-7H,3,8H2,1-2H3. The van der Waals surface area contributed by atoms with E-state index in [1.54, 1.807) is 0 Å². The number of aryl methyl sites for hydroxylation is 1. The summed E-state index contributed by atoms with van der Waals surface area (Å²) in [7, 11) is 0. The largest absolute Gasteiger partial charge is 0.472 e. The first kappa shape index (κ1) is 14.3. The zero-order chi connectivity index (χ0) is 13.8. The number of hydrogen-bond acceptors (Lipinski definition) is 3. The van der Waals surface area contributed by atoms with Gasteiger partial charge in [0, 0.05) is 22.0 Å². The molecule has 1 aromatic carbocycles. The lowest BCUT2D eigenvalue weighted by Gasteiger charge is -2.11. The molecule has 19 heavy (non-hydrogen) atoms. The molecule has 100 valence electrons. The molecule has 2 aromatic rings. The smallest absolute Gasteiger partial charge is 0.221 e. The molecular formula is C14H14BrClN2O. The molecular weight excluding hydrogens is 328 g/mol. The van der Waals surface area contributed by atoms with Crippen molar-refractivity contribution >= 4 is 27.5 Å². The van der Waals surface area contributed by atoms with Crippen molar-refractivity contribution in [3.05, 3.63) is 50.8 Å². The molecule has 0 radical (unpaired) electrons. The van der Waals surface area contributed by atoms with E-state index in [0.717, 1.165) is 22.0 Å². The van der Waals surface area contributed by atoms with Crippen molar-refractivity contribution in [2.24, 2.45) is 0 Å². The molecule has 0 N–H and O–H groups in total. The highest BCUT2D eigenvalue weighted by Crippen LogP contribution is 2.24. The van der Waals surface area contributed by atoms with Gasteiger partial charge in [0.05, 0.1) is 0 Å². The molecule has 0 saturated carbocycles. The minimum absolute atomic E-state index is 0.443. The fourth-order valence-electron chi connectivity index (χ4n) is 1.57. The summed E-state index contributed by atoms with van der Waals surface area (Å²) in [5, 5.41) is 0.453.